The molecule has 2 atom stereocenters. The first-order chi connectivity index (χ1) is 28.3. The Hall–Kier alpha value is -6.65. The molecule has 0 spiro atoms. The summed E-state index contributed by atoms with van der Waals surface area (Å²) in [5, 5.41) is 30.4. The van der Waals surface area contributed by atoms with Gasteiger partial charge in [-0.3, -0.25) is 0 Å². The van der Waals surface area contributed by atoms with Gasteiger partial charge in [-0.05, 0) is 84.0 Å². The molecule has 10 nitrogen and oxygen atoms in total. The van der Waals surface area contributed by atoms with Crippen LogP contribution >= 0.6 is 0 Å². The summed E-state index contributed by atoms with van der Waals surface area (Å²) in [7, 11) is 0. The summed E-state index contributed by atoms with van der Waals surface area (Å²) in [4.78, 5) is 13.8. The predicted octanol–water partition coefficient (Wildman–Crippen LogP) is 9.11. The number of carbonyl (C=O) groups is 1. The van der Waals surface area contributed by atoms with E-state index in [1.807, 2.05) is 109 Å². The van der Waals surface area contributed by atoms with E-state index in [1.54, 1.807) is 0 Å². The van der Waals surface area contributed by atoms with Gasteiger partial charge in [-0.1, -0.05) is 110 Å². The van der Waals surface area contributed by atoms with Crippen LogP contribution in [0.4, 0.5) is 0 Å². The van der Waals surface area contributed by atoms with Crippen molar-refractivity contribution in [2.75, 3.05) is 6.54 Å². The van der Waals surface area contributed by atoms with Crippen molar-refractivity contribution in [2.24, 2.45) is 5.73 Å². The molecular weight excluding hydrogens is 735 g/mol. The number of rotatable bonds is 17. The molecule has 6 aromatic rings. The van der Waals surface area contributed by atoms with Crippen molar-refractivity contribution >= 4 is 5.97 Å². The molecular formula is C48H47NO9. The number of fused-ring (bicyclic) bond motifs is 1. The molecule has 1 aliphatic rings. The third kappa shape index (κ3) is 10.0. The van der Waals surface area contributed by atoms with E-state index >= 15 is 0 Å². The molecule has 10 heteroatoms. The molecule has 5 N–H and O–H groups in total. The van der Waals surface area contributed by atoms with Gasteiger partial charge in [-0.25, -0.2) is 4.79 Å². The number of esters is 1. The number of aryl methyl sites for hydroxylation is 1. The SMILES string of the molecule is NCCCCCc1ccc2c(c1)CC(OC(=O)c1cc(O)c(O)c(O)c1)C(c1cc(OCc3ccccc3)c(OCc3ccccc3)c(OCc3ccccc3)c1)O2. The summed E-state index contributed by atoms with van der Waals surface area (Å²) in [6.45, 7) is 1.37. The maximum atomic E-state index is 13.8. The molecule has 58 heavy (non-hydrogen) atoms. The predicted molar refractivity (Wildman–Crippen MR) is 220 cm³/mol. The first-order valence-electron chi connectivity index (χ1n) is 19.5. The normalized spacial score (nSPS) is 14.5. The lowest BCUT2D eigenvalue weighted by Gasteiger charge is -2.34. The van der Waals surface area contributed by atoms with Gasteiger partial charge in [0.2, 0.25) is 5.75 Å². The number of phenols is 3. The molecule has 6 aromatic carbocycles. The average Bonchev–Trinajstić information content (AvgIpc) is 3.25. The molecule has 0 fully saturated rings. The van der Waals surface area contributed by atoms with Crippen molar-refractivity contribution in [3.05, 3.63) is 172 Å². The van der Waals surface area contributed by atoms with E-state index < -0.39 is 35.4 Å². The van der Waals surface area contributed by atoms with E-state index in [9.17, 15) is 20.1 Å². The lowest BCUT2D eigenvalue weighted by molar-refractivity contribution is -0.0184. The highest BCUT2D eigenvalue weighted by molar-refractivity contribution is 5.91. The zero-order chi connectivity index (χ0) is 40.3. The fraction of sp³-hybridized carbons (Fsp3) is 0.229. The van der Waals surface area contributed by atoms with Crippen LogP contribution in [0, 0.1) is 0 Å². The summed E-state index contributed by atoms with van der Waals surface area (Å²) < 4.78 is 32.5. The summed E-state index contributed by atoms with van der Waals surface area (Å²) in [5.74, 6) is -1.01. The molecule has 0 radical (unpaired) electrons. The highest BCUT2D eigenvalue weighted by Crippen LogP contribution is 2.46. The van der Waals surface area contributed by atoms with Gasteiger partial charge in [-0.15, -0.1) is 0 Å². The molecule has 1 heterocycles. The summed E-state index contributed by atoms with van der Waals surface area (Å²) in [6.07, 6.45) is 2.39. The first kappa shape index (κ1) is 39.6. The smallest absolute Gasteiger partial charge is 0.338 e. The lowest BCUT2D eigenvalue weighted by Crippen LogP contribution is -2.35. The Morgan fingerprint density at radius 1 is 0.638 bits per heavy atom. The number of aromatic hydroxyl groups is 3. The molecule has 0 bridgehead atoms. The van der Waals surface area contributed by atoms with E-state index in [4.69, 9.17) is 29.4 Å². The van der Waals surface area contributed by atoms with Crippen molar-refractivity contribution in [3.8, 4) is 40.2 Å². The third-order valence-corrected chi connectivity index (χ3v) is 9.94. The number of phenolic OH excluding ortho intramolecular Hbond substituents is 3. The van der Waals surface area contributed by atoms with Crippen LogP contribution < -0.4 is 24.7 Å². The monoisotopic (exact) mass is 781 g/mol. The number of unbranched alkanes of at least 4 members (excludes halogenated alkanes) is 2. The van der Waals surface area contributed by atoms with Crippen LogP contribution in [0.1, 0.15) is 69.1 Å². The van der Waals surface area contributed by atoms with Crippen molar-refractivity contribution < 1.29 is 43.8 Å². The quantitative estimate of drug-likeness (QED) is 0.0401. The Labute approximate surface area is 338 Å². The second kappa shape index (κ2) is 19.0. The maximum absolute atomic E-state index is 13.8. The largest absolute Gasteiger partial charge is 0.504 e. The fourth-order valence-electron chi connectivity index (χ4n) is 6.88. The van der Waals surface area contributed by atoms with Gasteiger partial charge in [-0.2, -0.15) is 0 Å². The minimum absolute atomic E-state index is 0.144. The topological polar surface area (TPSA) is 150 Å². The molecule has 0 aromatic heterocycles. The van der Waals surface area contributed by atoms with Gasteiger partial charge >= 0.3 is 5.97 Å². The second-order valence-corrected chi connectivity index (χ2v) is 14.3. The highest BCUT2D eigenvalue weighted by atomic mass is 16.6. The standard InChI is InChI=1S/C48H47NO9/c49-22-12-4-11-13-32-20-21-41-36(23-32)26-44(58-48(53)38-24-39(50)45(52)40(51)25-38)46(57-41)37-27-42(54-29-33-14-5-1-6-15-33)47(56-31-35-18-9-3-10-19-35)43(28-37)55-30-34-16-7-2-8-17-34/h1-3,5-10,14-21,23-25,27-28,44,46,50-52H,4,11-13,22,26,29-31,49H2. The summed E-state index contributed by atoms with van der Waals surface area (Å²) in [5.41, 5.74) is 11.0. The van der Waals surface area contributed by atoms with Crippen molar-refractivity contribution in [3.63, 3.8) is 0 Å². The zero-order valence-electron chi connectivity index (χ0n) is 32.1. The van der Waals surface area contributed by atoms with E-state index in [0.29, 0.717) is 41.5 Å². The van der Waals surface area contributed by atoms with Crippen LogP contribution in [0.25, 0.3) is 0 Å². The molecule has 0 amide bonds. The van der Waals surface area contributed by atoms with E-state index in [1.165, 1.54) is 0 Å². The Balaban J connectivity index is 1.29. The minimum atomic E-state index is -0.884. The van der Waals surface area contributed by atoms with E-state index in [2.05, 4.69) is 12.1 Å². The first-order valence-corrected chi connectivity index (χ1v) is 19.5. The highest BCUT2D eigenvalue weighted by Gasteiger charge is 2.36. The number of hydrogen-bond donors (Lipinski definition) is 4. The van der Waals surface area contributed by atoms with Gasteiger partial charge in [0.25, 0.3) is 0 Å². The molecule has 7 rings (SSSR count). The van der Waals surface area contributed by atoms with Gasteiger partial charge in [0.1, 0.15) is 31.7 Å². The summed E-state index contributed by atoms with van der Waals surface area (Å²) in [6, 6.07) is 41.2. The van der Waals surface area contributed by atoms with Crippen LogP contribution in [-0.2, 0) is 37.4 Å². The van der Waals surface area contributed by atoms with Crippen LogP contribution in [0.3, 0.4) is 0 Å². The second-order valence-electron chi connectivity index (χ2n) is 14.3. The van der Waals surface area contributed by atoms with Crippen LogP contribution in [0.15, 0.2) is 133 Å². The Kier molecular flexibility index (Phi) is 13.0. The van der Waals surface area contributed by atoms with Gasteiger partial charge < -0.3 is 44.7 Å². The number of hydrogen-bond acceptors (Lipinski definition) is 10. The van der Waals surface area contributed by atoms with E-state index in [-0.39, 0.29) is 25.4 Å². The Morgan fingerprint density at radius 3 is 1.74 bits per heavy atom. The van der Waals surface area contributed by atoms with Gasteiger partial charge in [0.15, 0.2) is 34.9 Å². The number of ether oxygens (including phenoxy) is 5. The van der Waals surface area contributed by atoms with Crippen molar-refractivity contribution in [1.29, 1.82) is 0 Å². The van der Waals surface area contributed by atoms with Crippen LogP contribution in [0.2, 0.25) is 0 Å². The van der Waals surface area contributed by atoms with Crippen molar-refractivity contribution in [1.82, 2.24) is 0 Å². The Morgan fingerprint density at radius 2 is 1.19 bits per heavy atom. The van der Waals surface area contributed by atoms with Crippen molar-refractivity contribution in [2.45, 2.75) is 64.1 Å². The molecule has 0 aliphatic carbocycles. The number of benzene rings is 6. The third-order valence-electron chi connectivity index (χ3n) is 9.94. The number of nitrogens with two attached hydrogens (primary N) is 1. The van der Waals surface area contributed by atoms with Gasteiger partial charge in [0.05, 0.1) is 5.56 Å². The number of carbonyl (C=O) groups excluding carboxylic acids is 1. The Bertz CT molecular complexity index is 2200. The molecule has 2 unspecified atom stereocenters. The molecule has 0 saturated heterocycles. The minimum Gasteiger partial charge on any atom is -0.504 e. The van der Waals surface area contributed by atoms with E-state index in [0.717, 1.165) is 65.6 Å². The zero-order valence-corrected chi connectivity index (χ0v) is 32.1. The molecule has 1 aliphatic heterocycles. The molecule has 0 saturated carbocycles. The summed E-state index contributed by atoms with van der Waals surface area (Å²) >= 11 is 0. The van der Waals surface area contributed by atoms with Gasteiger partial charge in [0, 0.05) is 12.0 Å². The molecule has 298 valence electrons. The maximum Gasteiger partial charge on any atom is 0.338 e. The van der Waals surface area contributed by atoms with Crippen LogP contribution in [0.5, 0.6) is 40.2 Å². The lowest BCUT2D eigenvalue weighted by atomic mass is 9.92. The average molecular weight is 782 g/mol. The fourth-order valence-corrected chi connectivity index (χ4v) is 6.88. The van der Waals surface area contributed by atoms with Crippen LogP contribution in [-0.4, -0.2) is 33.9 Å².